The summed E-state index contributed by atoms with van der Waals surface area (Å²) in [5.41, 5.74) is 7.36. The molecule has 2 aromatic carbocycles. The van der Waals surface area contributed by atoms with E-state index in [-0.39, 0.29) is 35.6 Å². The first kappa shape index (κ1) is 31.5. The number of carbonyl (C=O) groups excluding carboxylic acids is 4. The van der Waals surface area contributed by atoms with Crippen LogP contribution in [0.1, 0.15) is 52.0 Å². The summed E-state index contributed by atoms with van der Waals surface area (Å²) in [5, 5.41) is 36.4. The number of amides is 2. The molecule has 1 saturated heterocycles. The summed E-state index contributed by atoms with van der Waals surface area (Å²) in [4.78, 5) is 56.8. The summed E-state index contributed by atoms with van der Waals surface area (Å²) in [7, 11) is 3.38. The number of phenols is 1. The highest BCUT2D eigenvalue weighted by Crippen LogP contribution is 2.51. The highest BCUT2D eigenvalue weighted by Gasteiger charge is 2.54. The van der Waals surface area contributed by atoms with Gasteiger partial charge in [-0.25, -0.2) is 0 Å². The fourth-order valence-corrected chi connectivity index (χ4v) is 7.98. The van der Waals surface area contributed by atoms with Crippen LogP contribution in [0.4, 0.5) is 0 Å². The smallest absolute Gasteiger partial charge is 0.255 e. The first-order chi connectivity index (χ1) is 22.0. The van der Waals surface area contributed by atoms with E-state index in [1.165, 1.54) is 25.3 Å². The molecule has 11 nitrogen and oxygen atoms in total. The number of Topliss-reactive ketones (excluding diaryl/α,β-unsaturated/α-hetero) is 2. The number of nitrogens with two attached hydrogens (primary N) is 1. The van der Waals surface area contributed by atoms with Crippen LogP contribution in [0, 0.1) is 17.8 Å². The van der Waals surface area contributed by atoms with Gasteiger partial charge in [0.1, 0.15) is 22.8 Å². The number of nitrogens with zero attached hydrogens (tertiary/aromatic N) is 2. The lowest BCUT2D eigenvalue weighted by Gasteiger charge is -2.46. The Bertz CT molecular complexity index is 1690. The monoisotopic (exact) mass is 628 g/mol. The van der Waals surface area contributed by atoms with Crippen LogP contribution in [-0.4, -0.2) is 94.8 Å². The van der Waals surface area contributed by atoms with E-state index in [2.05, 4.69) is 10.2 Å². The van der Waals surface area contributed by atoms with Gasteiger partial charge in [0.15, 0.2) is 11.6 Å². The molecule has 0 aromatic heterocycles. The number of rotatable bonds is 7. The summed E-state index contributed by atoms with van der Waals surface area (Å²) in [6.45, 7) is 3.43. The van der Waals surface area contributed by atoms with Gasteiger partial charge in [0.25, 0.3) is 11.8 Å². The van der Waals surface area contributed by atoms with Crippen LogP contribution < -0.4 is 11.1 Å². The van der Waals surface area contributed by atoms with Crippen LogP contribution in [0.2, 0.25) is 0 Å². The first-order valence-electron chi connectivity index (χ1n) is 15.9. The van der Waals surface area contributed by atoms with Gasteiger partial charge in [-0.1, -0.05) is 24.6 Å². The molecule has 0 saturated carbocycles. The third kappa shape index (κ3) is 5.37. The highest BCUT2D eigenvalue weighted by atomic mass is 16.3. The molecule has 2 amide bonds. The Morgan fingerprint density at radius 3 is 2.46 bits per heavy atom. The summed E-state index contributed by atoms with van der Waals surface area (Å²) in [5.74, 6) is -6.26. The minimum atomic E-state index is -1.24. The standard InChI is InChI=1S/C35H40N4O7/c1-38(2)29-23-17-20-16-22-21(18-7-6-8-19(15-18)35(46)37-11-14-39-12-4-3-5-13-39)9-10-24(40)26(22)30(41)25(20)31(42)27(23)32(43)28(33(29)44)34(36)45/h6-10,15,20,23,27,29,40,42,44H,3-5,11-14,16-17H2,1-2H3,(H2,36,45)(H,37,46)/t20?,23-,27?,29+/m1/s1. The number of likely N-dealkylation sites (tertiary alicyclic amines) is 1. The number of carbonyl (C=O) groups is 4. The van der Waals surface area contributed by atoms with Gasteiger partial charge in [-0.15, -0.1) is 0 Å². The van der Waals surface area contributed by atoms with Crippen molar-refractivity contribution in [3.05, 3.63) is 75.8 Å². The van der Waals surface area contributed by atoms with E-state index in [4.69, 9.17) is 5.73 Å². The summed E-state index contributed by atoms with van der Waals surface area (Å²) in [6, 6.07) is 9.47. The van der Waals surface area contributed by atoms with Crippen molar-refractivity contribution in [3.63, 3.8) is 0 Å². The fourth-order valence-electron chi connectivity index (χ4n) is 7.98. The highest BCUT2D eigenvalue weighted by molar-refractivity contribution is 6.22. The number of allylic oxidation sites excluding steroid dienone is 2. The minimum absolute atomic E-state index is 0.0269. The zero-order valence-electron chi connectivity index (χ0n) is 26.1. The van der Waals surface area contributed by atoms with Gasteiger partial charge in [0.05, 0.1) is 17.5 Å². The zero-order chi connectivity index (χ0) is 32.9. The van der Waals surface area contributed by atoms with E-state index < -0.39 is 58.4 Å². The van der Waals surface area contributed by atoms with Crippen molar-refractivity contribution in [2.24, 2.45) is 23.5 Å². The molecule has 0 bridgehead atoms. The van der Waals surface area contributed by atoms with Crippen molar-refractivity contribution in [2.45, 2.75) is 38.1 Å². The van der Waals surface area contributed by atoms with Crippen LogP contribution in [0.5, 0.6) is 5.75 Å². The van der Waals surface area contributed by atoms with Crippen LogP contribution in [-0.2, 0) is 16.0 Å². The minimum Gasteiger partial charge on any atom is -0.511 e. The predicted molar refractivity (Wildman–Crippen MR) is 170 cm³/mol. The number of nitrogens with one attached hydrogen (secondary N) is 1. The Hall–Kier alpha value is -4.48. The number of primary amides is 1. The number of likely N-dealkylation sites (N-methyl/N-ethyl adjacent to an activating group) is 1. The van der Waals surface area contributed by atoms with Gasteiger partial charge < -0.3 is 31.3 Å². The zero-order valence-corrected chi connectivity index (χ0v) is 26.1. The second kappa shape index (κ2) is 12.4. The SMILES string of the molecule is CN(C)[C@@H]1C(O)=C(C(N)=O)C(=O)C2C(O)=C3C(=O)c4c(O)ccc(-c5cccc(C(=O)NCCN6CCCCC6)c5)c4CC3C[C@H]21. The third-order valence-electron chi connectivity index (χ3n) is 10.0. The maximum Gasteiger partial charge on any atom is 0.255 e. The maximum atomic E-state index is 14.0. The number of fused-ring (bicyclic) bond motifs is 3. The van der Waals surface area contributed by atoms with E-state index in [9.17, 15) is 34.5 Å². The molecule has 6 N–H and O–H groups in total. The number of phenolic OH excluding ortho intramolecular Hbond substituents is 1. The predicted octanol–water partition coefficient (Wildman–Crippen LogP) is 2.89. The molecule has 1 fully saturated rings. The summed E-state index contributed by atoms with van der Waals surface area (Å²) >= 11 is 0. The van der Waals surface area contributed by atoms with Gasteiger partial charge in [-0.2, -0.15) is 0 Å². The summed E-state index contributed by atoms with van der Waals surface area (Å²) in [6.07, 6.45) is 4.13. The van der Waals surface area contributed by atoms with Crippen LogP contribution in [0.25, 0.3) is 11.1 Å². The lowest BCUT2D eigenvalue weighted by molar-refractivity contribution is -0.127. The second-order valence-corrected chi connectivity index (χ2v) is 13.0. The third-order valence-corrected chi connectivity index (χ3v) is 10.0. The molecule has 6 rings (SSSR count). The van der Waals surface area contributed by atoms with Crippen molar-refractivity contribution < 1.29 is 34.5 Å². The molecule has 3 aliphatic carbocycles. The van der Waals surface area contributed by atoms with Crippen molar-refractivity contribution >= 4 is 23.4 Å². The van der Waals surface area contributed by atoms with Crippen molar-refractivity contribution in [1.82, 2.24) is 15.1 Å². The molecule has 4 aliphatic rings. The van der Waals surface area contributed by atoms with Crippen molar-refractivity contribution in [3.8, 4) is 16.9 Å². The molecular weight excluding hydrogens is 588 g/mol. The van der Waals surface area contributed by atoms with E-state index in [0.717, 1.165) is 19.6 Å². The number of hydrogen-bond donors (Lipinski definition) is 5. The number of benzene rings is 2. The molecule has 46 heavy (non-hydrogen) atoms. The molecule has 11 heteroatoms. The molecule has 1 aliphatic heterocycles. The molecule has 4 atom stereocenters. The number of aromatic hydroxyl groups is 1. The number of aliphatic hydroxyl groups excluding tert-OH is 2. The molecule has 242 valence electrons. The lowest BCUT2D eigenvalue weighted by Crippen LogP contribution is -2.53. The van der Waals surface area contributed by atoms with Crippen LogP contribution in [0.15, 0.2) is 59.1 Å². The normalized spacial score (nSPS) is 24.8. The Morgan fingerprint density at radius 1 is 1.02 bits per heavy atom. The average Bonchev–Trinajstić information content (AvgIpc) is 3.01. The maximum absolute atomic E-state index is 14.0. The van der Waals surface area contributed by atoms with Crippen LogP contribution in [0.3, 0.4) is 0 Å². The Morgan fingerprint density at radius 2 is 1.76 bits per heavy atom. The quantitative estimate of drug-likeness (QED) is 0.289. The second-order valence-electron chi connectivity index (χ2n) is 13.0. The molecule has 2 aromatic rings. The van der Waals surface area contributed by atoms with Gasteiger partial charge >= 0.3 is 0 Å². The van der Waals surface area contributed by atoms with E-state index in [1.807, 2.05) is 6.07 Å². The Balaban J connectivity index is 1.33. The number of aliphatic hydroxyl groups is 2. The van der Waals surface area contributed by atoms with Gasteiger partial charge in [0.2, 0.25) is 0 Å². The van der Waals surface area contributed by atoms with E-state index >= 15 is 0 Å². The molecular formula is C35H40N4O7. The molecule has 1 heterocycles. The summed E-state index contributed by atoms with van der Waals surface area (Å²) < 4.78 is 0. The molecule has 0 radical (unpaired) electrons. The lowest BCUT2D eigenvalue weighted by atomic mass is 9.60. The van der Waals surface area contributed by atoms with Crippen molar-refractivity contribution in [2.75, 3.05) is 40.3 Å². The molecule has 0 spiro atoms. The largest absolute Gasteiger partial charge is 0.511 e. The van der Waals surface area contributed by atoms with Gasteiger partial charge in [-0.05, 0) is 99.6 Å². The van der Waals surface area contributed by atoms with Gasteiger partial charge in [-0.3, -0.25) is 24.1 Å². The number of piperidine rings is 1. The topological polar surface area (TPSA) is 174 Å². The van der Waals surface area contributed by atoms with E-state index in [1.54, 1.807) is 43.3 Å². The van der Waals surface area contributed by atoms with E-state index in [0.29, 0.717) is 28.8 Å². The first-order valence-corrected chi connectivity index (χ1v) is 15.9. The van der Waals surface area contributed by atoms with Crippen LogP contribution >= 0.6 is 0 Å². The Labute approximate surface area is 267 Å². The number of ketones is 2. The number of hydrogen-bond acceptors (Lipinski definition) is 9. The fraction of sp³-hybridized carbons (Fsp3) is 0.429. The van der Waals surface area contributed by atoms with Gasteiger partial charge in [0, 0.05) is 24.2 Å². The Kier molecular flexibility index (Phi) is 8.47. The average molecular weight is 629 g/mol. The van der Waals surface area contributed by atoms with Crippen molar-refractivity contribution in [1.29, 1.82) is 0 Å². The molecule has 2 unspecified atom stereocenters.